The number of anilines is 2. The Morgan fingerprint density at radius 2 is 1.34 bits per heavy atom. The number of hydrogen-bond acceptors (Lipinski definition) is 4. The van der Waals surface area contributed by atoms with Gasteiger partial charge >= 0.3 is 6.09 Å². The molecule has 0 aliphatic heterocycles. The van der Waals surface area contributed by atoms with E-state index in [1.807, 2.05) is 0 Å². The number of ether oxygens (including phenoxy) is 1. The normalized spacial score (nSPS) is 28.2. The molecule has 0 unspecified atom stereocenters. The monoisotopic (exact) mass is 441 g/mol. The van der Waals surface area contributed by atoms with E-state index in [0.717, 1.165) is 23.4 Å². The maximum atomic E-state index is 12.8. The third kappa shape index (κ3) is 5.81. The SMILES string of the molecule is CC(C)(C)OC(=O)NCC(=O)Nc1ccc(NC(=O)CC23CC4CC(CC(C4)C2)C3)cc1. The standard InChI is InChI=1S/C25H35N3O4/c1-24(2,3)32-23(31)26-15-22(30)28-20-6-4-19(5-7-20)27-21(29)14-25-11-16-8-17(12-25)10-18(9-16)13-25/h4-7,16-18H,8-15H2,1-3H3,(H,26,31)(H,27,29)(H,28,30). The highest BCUT2D eigenvalue weighted by molar-refractivity contribution is 5.95. The summed E-state index contributed by atoms with van der Waals surface area (Å²) in [5, 5.41) is 8.18. The Balaban J connectivity index is 1.23. The predicted molar refractivity (Wildman–Crippen MR) is 123 cm³/mol. The van der Waals surface area contributed by atoms with Crippen molar-refractivity contribution in [2.75, 3.05) is 17.2 Å². The topological polar surface area (TPSA) is 96.5 Å². The van der Waals surface area contributed by atoms with Crippen LogP contribution < -0.4 is 16.0 Å². The zero-order valence-corrected chi connectivity index (χ0v) is 19.3. The van der Waals surface area contributed by atoms with Gasteiger partial charge in [-0.25, -0.2) is 4.79 Å². The van der Waals surface area contributed by atoms with E-state index in [2.05, 4.69) is 16.0 Å². The Morgan fingerprint density at radius 1 is 0.875 bits per heavy atom. The van der Waals surface area contributed by atoms with E-state index in [0.29, 0.717) is 12.1 Å². The fraction of sp³-hybridized carbons (Fsp3) is 0.640. The molecule has 7 heteroatoms. The highest BCUT2D eigenvalue weighted by Crippen LogP contribution is 2.61. The number of benzene rings is 1. The number of amides is 3. The molecular weight excluding hydrogens is 406 g/mol. The van der Waals surface area contributed by atoms with Crippen LogP contribution in [-0.4, -0.2) is 30.1 Å². The average Bonchev–Trinajstić information content (AvgIpc) is 2.65. The van der Waals surface area contributed by atoms with E-state index < -0.39 is 11.7 Å². The molecule has 1 aromatic carbocycles. The number of carbonyl (C=O) groups excluding carboxylic acids is 3. The molecule has 4 saturated carbocycles. The fourth-order valence-corrected chi connectivity index (χ4v) is 6.36. The Morgan fingerprint density at radius 3 is 1.81 bits per heavy atom. The predicted octanol–water partition coefficient (Wildman–Crippen LogP) is 4.69. The first-order valence-corrected chi connectivity index (χ1v) is 11.7. The first-order chi connectivity index (χ1) is 15.1. The summed E-state index contributed by atoms with van der Waals surface area (Å²) >= 11 is 0. The minimum absolute atomic E-state index is 0.0882. The molecule has 4 aliphatic carbocycles. The van der Waals surface area contributed by atoms with Crippen LogP contribution in [0.5, 0.6) is 0 Å². The highest BCUT2D eigenvalue weighted by Gasteiger charge is 2.51. The van der Waals surface area contributed by atoms with Gasteiger partial charge in [0.25, 0.3) is 0 Å². The van der Waals surface area contributed by atoms with Crippen molar-refractivity contribution < 1.29 is 19.1 Å². The number of rotatable bonds is 6. The van der Waals surface area contributed by atoms with Gasteiger partial charge in [0.05, 0.1) is 0 Å². The lowest BCUT2D eigenvalue weighted by Gasteiger charge is -2.56. The van der Waals surface area contributed by atoms with E-state index >= 15 is 0 Å². The van der Waals surface area contributed by atoms with E-state index in [1.54, 1.807) is 45.0 Å². The molecule has 3 N–H and O–H groups in total. The van der Waals surface area contributed by atoms with Crippen LogP contribution in [0.2, 0.25) is 0 Å². The summed E-state index contributed by atoms with van der Waals surface area (Å²) in [6.45, 7) is 5.10. The average molecular weight is 442 g/mol. The number of nitrogens with one attached hydrogen (secondary N) is 3. The van der Waals surface area contributed by atoms with Crippen molar-refractivity contribution in [1.82, 2.24) is 5.32 Å². The quantitative estimate of drug-likeness (QED) is 0.596. The van der Waals surface area contributed by atoms with Gasteiger partial charge in [0.1, 0.15) is 12.1 Å². The fourth-order valence-electron chi connectivity index (χ4n) is 6.36. The van der Waals surface area contributed by atoms with Gasteiger partial charge in [0.2, 0.25) is 11.8 Å². The van der Waals surface area contributed by atoms with E-state index in [-0.39, 0.29) is 23.8 Å². The maximum Gasteiger partial charge on any atom is 0.408 e. The van der Waals surface area contributed by atoms with Gasteiger partial charge in [0, 0.05) is 17.8 Å². The van der Waals surface area contributed by atoms with Gasteiger partial charge in [-0.2, -0.15) is 0 Å². The maximum absolute atomic E-state index is 12.8. The molecule has 0 radical (unpaired) electrons. The lowest BCUT2D eigenvalue weighted by Crippen LogP contribution is -2.47. The molecule has 32 heavy (non-hydrogen) atoms. The minimum atomic E-state index is -0.635. The molecule has 0 heterocycles. The van der Waals surface area contributed by atoms with Crippen molar-refractivity contribution in [1.29, 1.82) is 0 Å². The van der Waals surface area contributed by atoms with Gasteiger partial charge in [-0.3, -0.25) is 9.59 Å². The Kier molecular flexibility index (Phi) is 6.19. The number of carbonyl (C=O) groups is 3. The molecule has 174 valence electrons. The van der Waals surface area contributed by atoms with E-state index in [4.69, 9.17) is 4.74 Å². The third-order valence-electron chi connectivity index (χ3n) is 6.95. The van der Waals surface area contributed by atoms with Gasteiger partial charge in [-0.05, 0) is 107 Å². The summed E-state index contributed by atoms with van der Waals surface area (Å²) in [7, 11) is 0. The van der Waals surface area contributed by atoms with E-state index in [1.165, 1.54) is 38.5 Å². The van der Waals surface area contributed by atoms with Crippen molar-refractivity contribution in [3.8, 4) is 0 Å². The summed E-state index contributed by atoms with van der Waals surface area (Å²) in [5.74, 6) is 2.24. The summed E-state index contributed by atoms with van der Waals surface area (Å²) in [5.41, 5.74) is 0.925. The lowest BCUT2D eigenvalue weighted by atomic mass is 9.49. The molecule has 0 spiro atoms. The minimum Gasteiger partial charge on any atom is -0.444 e. The molecule has 1 aromatic rings. The second kappa shape index (κ2) is 8.75. The van der Waals surface area contributed by atoms with Crippen LogP contribution in [0.1, 0.15) is 65.7 Å². The molecule has 5 rings (SSSR count). The van der Waals surface area contributed by atoms with Crippen molar-refractivity contribution in [2.24, 2.45) is 23.2 Å². The Labute approximate surface area is 190 Å². The second-order valence-corrected chi connectivity index (χ2v) is 11.1. The van der Waals surface area contributed by atoms with Crippen LogP contribution in [-0.2, 0) is 14.3 Å². The first-order valence-electron chi connectivity index (χ1n) is 11.7. The molecule has 0 saturated heterocycles. The molecule has 0 atom stereocenters. The summed E-state index contributed by atoms with van der Waals surface area (Å²) < 4.78 is 5.11. The Hall–Kier alpha value is -2.57. The summed E-state index contributed by atoms with van der Waals surface area (Å²) in [4.78, 5) is 36.5. The molecule has 4 fully saturated rings. The van der Waals surface area contributed by atoms with Crippen LogP contribution in [0.15, 0.2) is 24.3 Å². The molecule has 4 aliphatic rings. The number of alkyl carbamates (subject to hydrolysis) is 1. The van der Waals surface area contributed by atoms with Crippen molar-refractivity contribution in [2.45, 2.75) is 71.3 Å². The zero-order chi connectivity index (χ0) is 22.9. The Bertz CT molecular complexity index is 837. The zero-order valence-electron chi connectivity index (χ0n) is 19.3. The van der Waals surface area contributed by atoms with Crippen LogP contribution in [0.25, 0.3) is 0 Å². The smallest absolute Gasteiger partial charge is 0.408 e. The molecule has 3 amide bonds. The molecule has 0 aromatic heterocycles. The molecule has 4 bridgehead atoms. The third-order valence-corrected chi connectivity index (χ3v) is 6.95. The van der Waals surface area contributed by atoms with Gasteiger partial charge in [-0.15, -0.1) is 0 Å². The lowest BCUT2D eigenvalue weighted by molar-refractivity contribution is -0.124. The van der Waals surface area contributed by atoms with Crippen molar-refractivity contribution in [3.05, 3.63) is 24.3 Å². The number of hydrogen-bond donors (Lipinski definition) is 3. The van der Waals surface area contributed by atoms with Crippen molar-refractivity contribution in [3.63, 3.8) is 0 Å². The first kappa shape index (κ1) is 22.6. The van der Waals surface area contributed by atoms with Gasteiger partial charge in [0.15, 0.2) is 0 Å². The second-order valence-electron chi connectivity index (χ2n) is 11.1. The largest absolute Gasteiger partial charge is 0.444 e. The van der Waals surface area contributed by atoms with Gasteiger partial charge in [-0.1, -0.05) is 0 Å². The van der Waals surface area contributed by atoms with Crippen LogP contribution >= 0.6 is 0 Å². The van der Waals surface area contributed by atoms with Crippen LogP contribution in [0.4, 0.5) is 16.2 Å². The summed E-state index contributed by atoms with van der Waals surface area (Å²) in [6, 6.07) is 7.06. The molecule has 7 nitrogen and oxygen atoms in total. The van der Waals surface area contributed by atoms with Gasteiger partial charge < -0.3 is 20.7 Å². The van der Waals surface area contributed by atoms with Crippen LogP contribution in [0, 0.1) is 23.2 Å². The summed E-state index contributed by atoms with van der Waals surface area (Å²) in [6.07, 6.45) is 7.76. The molecular formula is C25H35N3O4. The highest BCUT2D eigenvalue weighted by atomic mass is 16.6. The van der Waals surface area contributed by atoms with Crippen molar-refractivity contribution >= 4 is 29.3 Å². The van der Waals surface area contributed by atoms with Crippen LogP contribution in [0.3, 0.4) is 0 Å². The van der Waals surface area contributed by atoms with E-state index in [9.17, 15) is 14.4 Å².